The number of hydrogen-bond acceptors (Lipinski definition) is 6. The largest absolute Gasteiger partial charge is 0.493 e. The third-order valence-corrected chi connectivity index (χ3v) is 6.10. The molecule has 0 saturated heterocycles. The van der Waals surface area contributed by atoms with Crippen LogP contribution in [-0.4, -0.2) is 44.0 Å². The molecule has 1 unspecified atom stereocenters. The summed E-state index contributed by atoms with van der Waals surface area (Å²) < 4.78 is 25.0. The minimum atomic E-state index is -1.22. The predicted molar refractivity (Wildman–Crippen MR) is 141 cm³/mol. The van der Waals surface area contributed by atoms with Crippen LogP contribution in [0.25, 0.3) is 0 Å². The summed E-state index contributed by atoms with van der Waals surface area (Å²) in [6, 6.07) is 12.4. The van der Waals surface area contributed by atoms with E-state index in [1.807, 2.05) is 20.8 Å². The number of anilines is 1. The van der Waals surface area contributed by atoms with Crippen LogP contribution < -0.4 is 25.0 Å². The molecule has 3 rings (SSSR count). The number of hydrogen-bond donors (Lipinski definition) is 2. The molecule has 0 fully saturated rings. The zero-order valence-corrected chi connectivity index (χ0v) is 22.1. The Bertz CT molecular complexity index is 1260. The number of thiophene rings is 1. The van der Waals surface area contributed by atoms with Crippen LogP contribution in [-0.2, 0) is 9.59 Å². The quantitative estimate of drug-likeness (QED) is 0.432. The molecule has 0 aliphatic carbocycles. The van der Waals surface area contributed by atoms with Gasteiger partial charge in [-0.2, -0.15) is 0 Å². The van der Waals surface area contributed by atoms with Crippen molar-refractivity contribution in [3.8, 4) is 11.5 Å². The number of carbonyl (C=O) groups excluding carboxylic acids is 3. The maximum absolute atomic E-state index is 14.3. The number of halogens is 1. The number of methoxy groups -OCH3 is 2. The fraction of sp³-hybridized carbons (Fsp3) is 0.296. The van der Waals surface area contributed by atoms with E-state index in [-0.39, 0.29) is 5.69 Å². The lowest BCUT2D eigenvalue weighted by atomic mass is 10.00. The van der Waals surface area contributed by atoms with E-state index in [9.17, 15) is 18.8 Å². The van der Waals surface area contributed by atoms with Crippen molar-refractivity contribution < 1.29 is 28.2 Å². The molecule has 0 aliphatic heterocycles. The molecule has 10 heteroatoms. The van der Waals surface area contributed by atoms with Gasteiger partial charge < -0.3 is 20.1 Å². The first-order chi connectivity index (χ1) is 17.5. The van der Waals surface area contributed by atoms with Gasteiger partial charge >= 0.3 is 0 Å². The predicted octanol–water partition coefficient (Wildman–Crippen LogP) is 4.32. The van der Waals surface area contributed by atoms with Gasteiger partial charge in [0.2, 0.25) is 11.8 Å². The number of amides is 3. The summed E-state index contributed by atoms with van der Waals surface area (Å²) in [6.07, 6.45) is 0. The van der Waals surface area contributed by atoms with Crippen LogP contribution in [0.15, 0.2) is 60.0 Å². The highest BCUT2D eigenvalue weighted by Gasteiger charge is 2.35. The van der Waals surface area contributed by atoms with Crippen LogP contribution >= 0.6 is 11.3 Å². The van der Waals surface area contributed by atoms with Gasteiger partial charge in [-0.25, -0.2) is 4.39 Å². The summed E-state index contributed by atoms with van der Waals surface area (Å²) in [5.41, 5.74) is -0.0727. The van der Waals surface area contributed by atoms with E-state index in [0.29, 0.717) is 21.9 Å². The van der Waals surface area contributed by atoms with E-state index >= 15 is 0 Å². The van der Waals surface area contributed by atoms with E-state index < -0.39 is 41.7 Å². The van der Waals surface area contributed by atoms with Crippen molar-refractivity contribution >= 4 is 34.7 Å². The van der Waals surface area contributed by atoms with Crippen molar-refractivity contribution in [3.63, 3.8) is 0 Å². The Hall–Kier alpha value is -3.92. The monoisotopic (exact) mass is 527 g/mol. The van der Waals surface area contributed by atoms with Crippen LogP contribution in [0.1, 0.15) is 42.0 Å². The molecule has 1 atom stereocenters. The number of nitrogens with zero attached hydrogens (tertiary/aromatic N) is 1. The highest BCUT2D eigenvalue weighted by Crippen LogP contribution is 2.35. The van der Waals surface area contributed by atoms with E-state index in [2.05, 4.69) is 10.6 Å². The Morgan fingerprint density at radius 2 is 1.73 bits per heavy atom. The maximum atomic E-state index is 14.3. The molecule has 196 valence electrons. The molecule has 0 aliphatic rings. The summed E-state index contributed by atoms with van der Waals surface area (Å²) in [5.74, 6) is -1.33. The Morgan fingerprint density at radius 1 is 1.00 bits per heavy atom. The van der Waals surface area contributed by atoms with Crippen molar-refractivity contribution in [2.75, 3.05) is 25.7 Å². The second-order valence-corrected chi connectivity index (χ2v) is 10.1. The van der Waals surface area contributed by atoms with Crippen LogP contribution in [0.5, 0.6) is 11.5 Å². The number of ether oxygens (including phenoxy) is 2. The van der Waals surface area contributed by atoms with E-state index in [1.165, 1.54) is 48.7 Å². The standard InChI is InChI=1S/C27H30FN3O5S/c1-27(2,3)30-26(34)24(17-11-12-20(35-4)21(14-17)36-5)31(19-9-6-8-18(28)15-19)23(32)16-29-25(33)22-10-7-13-37-22/h6-15,24H,16H2,1-5H3,(H,29,33)(H,30,34). The van der Waals surface area contributed by atoms with Crippen LogP contribution in [0.4, 0.5) is 10.1 Å². The zero-order chi connectivity index (χ0) is 27.2. The minimum Gasteiger partial charge on any atom is -0.493 e. The van der Waals surface area contributed by atoms with E-state index in [4.69, 9.17) is 9.47 Å². The Labute approximate surface area is 219 Å². The fourth-order valence-electron chi connectivity index (χ4n) is 3.68. The lowest BCUT2D eigenvalue weighted by molar-refractivity contribution is -0.127. The Kier molecular flexibility index (Phi) is 8.88. The van der Waals surface area contributed by atoms with Gasteiger partial charge in [0.15, 0.2) is 11.5 Å². The molecule has 8 nitrogen and oxygen atoms in total. The molecular weight excluding hydrogens is 497 g/mol. The second-order valence-electron chi connectivity index (χ2n) is 9.16. The average Bonchev–Trinajstić information content (AvgIpc) is 3.39. The highest BCUT2D eigenvalue weighted by atomic mass is 32.1. The van der Waals surface area contributed by atoms with E-state index in [0.717, 1.165) is 6.07 Å². The molecule has 0 saturated carbocycles. The molecule has 0 bridgehead atoms. The topological polar surface area (TPSA) is 97.0 Å². The molecular formula is C27H30FN3O5S. The molecule has 3 amide bonds. The number of benzene rings is 2. The van der Waals surface area contributed by atoms with E-state index in [1.54, 1.807) is 35.7 Å². The third kappa shape index (κ3) is 7.07. The zero-order valence-electron chi connectivity index (χ0n) is 21.3. The van der Waals surface area contributed by atoms with Gasteiger partial charge in [-0.15, -0.1) is 11.3 Å². The van der Waals surface area contributed by atoms with Gasteiger partial charge in [0.05, 0.1) is 25.6 Å². The van der Waals surface area contributed by atoms with Crippen molar-refractivity contribution in [3.05, 3.63) is 76.2 Å². The smallest absolute Gasteiger partial charge is 0.261 e. The number of nitrogens with one attached hydrogen (secondary N) is 2. The van der Waals surface area contributed by atoms with Gasteiger partial charge in [-0.1, -0.05) is 18.2 Å². The Morgan fingerprint density at radius 3 is 2.32 bits per heavy atom. The number of carbonyl (C=O) groups is 3. The lowest BCUT2D eigenvalue weighted by Gasteiger charge is -2.34. The van der Waals surface area contributed by atoms with Crippen molar-refractivity contribution in [2.24, 2.45) is 0 Å². The second kappa shape index (κ2) is 11.9. The van der Waals surface area contributed by atoms with Crippen LogP contribution in [0.3, 0.4) is 0 Å². The molecule has 1 aromatic heterocycles. The highest BCUT2D eigenvalue weighted by molar-refractivity contribution is 7.12. The summed E-state index contributed by atoms with van der Waals surface area (Å²) in [5, 5.41) is 7.25. The molecule has 1 heterocycles. The van der Waals surface area contributed by atoms with Crippen molar-refractivity contribution in [2.45, 2.75) is 32.4 Å². The molecule has 3 aromatic rings. The van der Waals surface area contributed by atoms with Crippen LogP contribution in [0.2, 0.25) is 0 Å². The first kappa shape index (κ1) is 27.7. The fourth-order valence-corrected chi connectivity index (χ4v) is 4.32. The van der Waals surface area contributed by atoms with Crippen molar-refractivity contribution in [1.82, 2.24) is 10.6 Å². The van der Waals surface area contributed by atoms with Crippen LogP contribution in [0, 0.1) is 5.82 Å². The molecule has 0 radical (unpaired) electrons. The van der Waals surface area contributed by atoms with Gasteiger partial charge in [-0.05, 0) is 68.1 Å². The summed E-state index contributed by atoms with van der Waals surface area (Å²) in [4.78, 5) is 41.4. The first-order valence-corrected chi connectivity index (χ1v) is 12.4. The summed E-state index contributed by atoms with van der Waals surface area (Å²) in [7, 11) is 2.95. The number of rotatable bonds is 9. The molecule has 2 N–H and O–H groups in total. The molecule has 2 aromatic carbocycles. The Balaban J connectivity index is 2.09. The summed E-state index contributed by atoms with van der Waals surface area (Å²) in [6.45, 7) is 5.02. The lowest BCUT2D eigenvalue weighted by Crippen LogP contribution is -2.51. The molecule has 0 spiro atoms. The van der Waals surface area contributed by atoms with Gasteiger partial charge in [0.25, 0.3) is 5.91 Å². The maximum Gasteiger partial charge on any atom is 0.261 e. The van der Waals surface area contributed by atoms with Gasteiger partial charge in [-0.3, -0.25) is 19.3 Å². The molecule has 37 heavy (non-hydrogen) atoms. The van der Waals surface area contributed by atoms with Gasteiger partial charge in [0.1, 0.15) is 11.9 Å². The minimum absolute atomic E-state index is 0.152. The average molecular weight is 528 g/mol. The normalized spacial score (nSPS) is 11.8. The third-order valence-electron chi connectivity index (χ3n) is 5.23. The first-order valence-electron chi connectivity index (χ1n) is 11.5. The van der Waals surface area contributed by atoms with Gasteiger partial charge in [0, 0.05) is 11.2 Å². The SMILES string of the molecule is COc1ccc(C(C(=O)NC(C)(C)C)N(C(=O)CNC(=O)c2cccs2)c2cccc(F)c2)cc1OC. The summed E-state index contributed by atoms with van der Waals surface area (Å²) >= 11 is 1.23. The van der Waals surface area contributed by atoms with Crippen molar-refractivity contribution in [1.29, 1.82) is 0 Å².